The second kappa shape index (κ2) is 7.09. The van der Waals surface area contributed by atoms with Gasteiger partial charge in [-0.3, -0.25) is 4.79 Å². The highest BCUT2D eigenvalue weighted by atomic mass is 32.2. The van der Waals surface area contributed by atoms with Crippen molar-refractivity contribution >= 4 is 42.4 Å². The first-order valence-corrected chi connectivity index (χ1v) is 10.1. The Labute approximate surface area is 158 Å². The van der Waals surface area contributed by atoms with Crippen molar-refractivity contribution in [3.05, 3.63) is 52.8 Å². The molecule has 148 valence electrons. The predicted molar refractivity (Wildman–Crippen MR) is 91.3 cm³/mol. The number of nitrogens with one attached hydrogen (secondary N) is 1. The second-order valence-corrected chi connectivity index (χ2v) is 8.74. The van der Waals surface area contributed by atoms with Crippen LogP contribution in [0.3, 0.4) is 0 Å². The van der Waals surface area contributed by atoms with E-state index in [0.29, 0.717) is 10.2 Å². The van der Waals surface area contributed by atoms with Crippen LogP contribution in [0.1, 0.15) is 5.56 Å². The lowest BCUT2D eigenvalue weighted by atomic mass is 10.1. The van der Waals surface area contributed by atoms with E-state index in [-0.39, 0.29) is 10.0 Å². The van der Waals surface area contributed by atoms with E-state index >= 15 is 0 Å². The van der Waals surface area contributed by atoms with Gasteiger partial charge >= 0.3 is 0 Å². The summed E-state index contributed by atoms with van der Waals surface area (Å²) in [6.45, 7) is 0. The number of amides is 1. The van der Waals surface area contributed by atoms with Crippen molar-refractivity contribution < 1.29 is 35.2 Å². The Balaban J connectivity index is 1.86. The standard InChI is InChI=1S/C16H9F5N2O3S2/c1-28(25,26)6-2-3-8-9(4-6)27-16(22-8)23-10(24)5-7-11(17)13(19)15(21)14(20)12(7)18/h2-4H,5H2,1H3,(H,22,23,24). The molecule has 0 radical (unpaired) electrons. The molecule has 1 amide bonds. The zero-order valence-electron chi connectivity index (χ0n) is 13.8. The van der Waals surface area contributed by atoms with E-state index in [1.54, 1.807) is 0 Å². The summed E-state index contributed by atoms with van der Waals surface area (Å²) < 4.78 is 90.3. The number of carbonyl (C=O) groups is 1. The SMILES string of the molecule is CS(=O)(=O)c1ccc2nc(NC(=O)Cc3c(F)c(F)c(F)c(F)c3F)sc2c1. The number of aromatic nitrogens is 1. The van der Waals surface area contributed by atoms with Crippen LogP contribution < -0.4 is 5.32 Å². The minimum Gasteiger partial charge on any atom is -0.302 e. The molecule has 1 aromatic heterocycles. The number of fused-ring (bicyclic) bond motifs is 1. The Hall–Kier alpha value is -2.60. The second-order valence-electron chi connectivity index (χ2n) is 5.69. The first kappa shape index (κ1) is 20.1. The van der Waals surface area contributed by atoms with E-state index in [4.69, 9.17) is 0 Å². The molecule has 1 heterocycles. The number of hydrogen-bond acceptors (Lipinski definition) is 5. The van der Waals surface area contributed by atoms with E-state index in [0.717, 1.165) is 17.6 Å². The van der Waals surface area contributed by atoms with Crippen LogP contribution in [-0.2, 0) is 21.1 Å². The summed E-state index contributed by atoms with van der Waals surface area (Å²) in [6.07, 6.45) is -0.0990. The van der Waals surface area contributed by atoms with Crippen LogP contribution >= 0.6 is 11.3 Å². The maximum atomic E-state index is 13.7. The fourth-order valence-electron chi connectivity index (χ4n) is 2.32. The minimum atomic E-state index is -3.46. The largest absolute Gasteiger partial charge is 0.302 e. The Morgan fingerprint density at radius 1 is 1.04 bits per heavy atom. The van der Waals surface area contributed by atoms with Crippen molar-refractivity contribution in [2.75, 3.05) is 11.6 Å². The van der Waals surface area contributed by atoms with Crippen molar-refractivity contribution in [3.8, 4) is 0 Å². The molecule has 0 unspecified atom stereocenters. The molecule has 12 heteroatoms. The quantitative estimate of drug-likeness (QED) is 0.385. The molecule has 0 fully saturated rings. The van der Waals surface area contributed by atoms with Crippen molar-refractivity contribution in [2.24, 2.45) is 0 Å². The first-order chi connectivity index (χ1) is 13.0. The molecule has 0 saturated heterocycles. The molecule has 0 aliphatic rings. The molecule has 0 aliphatic carbocycles. The van der Waals surface area contributed by atoms with E-state index in [1.807, 2.05) is 0 Å². The van der Waals surface area contributed by atoms with Gasteiger partial charge in [0.2, 0.25) is 11.7 Å². The van der Waals surface area contributed by atoms with Crippen molar-refractivity contribution in [1.82, 2.24) is 4.98 Å². The number of hydrogen-bond donors (Lipinski definition) is 1. The third-order valence-electron chi connectivity index (χ3n) is 3.67. The maximum absolute atomic E-state index is 13.7. The average molecular weight is 436 g/mol. The number of benzene rings is 2. The average Bonchev–Trinajstić information content (AvgIpc) is 3.02. The summed E-state index contributed by atoms with van der Waals surface area (Å²) in [6, 6.07) is 4.06. The van der Waals surface area contributed by atoms with Gasteiger partial charge in [0.05, 0.1) is 21.5 Å². The van der Waals surface area contributed by atoms with Crippen LogP contribution in [0.15, 0.2) is 23.1 Å². The Morgan fingerprint density at radius 2 is 1.61 bits per heavy atom. The number of nitrogens with zero attached hydrogens (tertiary/aromatic N) is 1. The van der Waals surface area contributed by atoms with E-state index in [1.165, 1.54) is 18.2 Å². The number of carbonyl (C=O) groups excluding carboxylic acids is 1. The Kier molecular flexibility index (Phi) is 5.10. The monoisotopic (exact) mass is 436 g/mol. The van der Waals surface area contributed by atoms with Crippen molar-refractivity contribution in [1.29, 1.82) is 0 Å². The summed E-state index contributed by atoms with van der Waals surface area (Å²) in [5.41, 5.74) is -0.918. The molecule has 3 rings (SSSR count). The normalized spacial score (nSPS) is 11.8. The number of sulfone groups is 1. The molecule has 0 aliphatic heterocycles. The van der Waals surface area contributed by atoms with Crippen molar-refractivity contribution in [2.45, 2.75) is 11.3 Å². The molecular weight excluding hydrogens is 427 g/mol. The summed E-state index contributed by atoms with van der Waals surface area (Å²) in [7, 11) is -3.46. The van der Waals surface area contributed by atoms with Crippen LogP contribution in [0.25, 0.3) is 10.2 Å². The van der Waals surface area contributed by atoms with Gasteiger partial charge in [-0.25, -0.2) is 35.4 Å². The zero-order valence-corrected chi connectivity index (χ0v) is 15.5. The number of anilines is 1. The van der Waals surface area contributed by atoms with E-state index in [9.17, 15) is 35.2 Å². The third kappa shape index (κ3) is 3.69. The third-order valence-corrected chi connectivity index (χ3v) is 5.72. The van der Waals surface area contributed by atoms with Gasteiger partial charge in [-0.05, 0) is 18.2 Å². The lowest BCUT2D eigenvalue weighted by molar-refractivity contribution is -0.115. The van der Waals surface area contributed by atoms with E-state index in [2.05, 4.69) is 10.3 Å². The lowest BCUT2D eigenvalue weighted by Gasteiger charge is -2.07. The fourth-order valence-corrected chi connectivity index (χ4v) is 3.96. The number of thiazole rings is 1. The topological polar surface area (TPSA) is 76.1 Å². The lowest BCUT2D eigenvalue weighted by Crippen LogP contribution is -2.18. The van der Waals surface area contributed by atoms with Gasteiger partial charge in [0.1, 0.15) is 0 Å². The molecule has 1 N–H and O–H groups in total. The van der Waals surface area contributed by atoms with Crippen LogP contribution in [0, 0.1) is 29.1 Å². The summed E-state index contributed by atoms with van der Waals surface area (Å²) in [5, 5.41) is 2.16. The molecule has 5 nitrogen and oxygen atoms in total. The number of halogens is 5. The zero-order chi connectivity index (χ0) is 20.8. The molecule has 0 bridgehead atoms. The molecule has 0 atom stereocenters. The van der Waals surface area contributed by atoms with Crippen LogP contribution in [-0.4, -0.2) is 25.6 Å². The van der Waals surface area contributed by atoms with Gasteiger partial charge in [0, 0.05) is 11.8 Å². The maximum Gasteiger partial charge on any atom is 0.230 e. The summed E-state index contributed by atoms with van der Waals surface area (Å²) >= 11 is 0.880. The van der Waals surface area contributed by atoms with Gasteiger partial charge in [0.25, 0.3) is 0 Å². The highest BCUT2D eigenvalue weighted by Gasteiger charge is 2.27. The van der Waals surface area contributed by atoms with Crippen molar-refractivity contribution in [3.63, 3.8) is 0 Å². The minimum absolute atomic E-state index is 0.0305. The van der Waals surface area contributed by atoms with Gasteiger partial charge < -0.3 is 5.32 Å². The number of rotatable bonds is 4. The highest BCUT2D eigenvalue weighted by molar-refractivity contribution is 7.90. The van der Waals surface area contributed by atoms with Gasteiger partial charge in [-0.2, -0.15) is 0 Å². The fraction of sp³-hybridized carbons (Fsp3) is 0.125. The molecule has 28 heavy (non-hydrogen) atoms. The predicted octanol–water partition coefficient (Wildman–Crippen LogP) is 3.58. The van der Waals surface area contributed by atoms with Crippen LogP contribution in [0.2, 0.25) is 0 Å². The van der Waals surface area contributed by atoms with Crippen LogP contribution in [0.4, 0.5) is 27.1 Å². The highest BCUT2D eigenvalue weighted by Crippen LogP contribution is 2.29. The van der Waals surface area contributed by atoms with Gasteiger partial charge in [0.15, 0.2) is 38.2 Å². The van der Waals surface area contributed by atoms with Gasteiger partial charge in [-0.1, -0.05) is 11.3 Å². The Bertz CT molecular complexity index is 1200. The molecule has 0 spiro atoms. The molecular formula is C16H9F5N2O3S2. The van der Waals surface area contributed by atoms with Gasteiger partial charge in [-0.15, -0.1) is 0 Å². The molecule has 2 aromatic carbocycles. The Morgan fingerprint density at radius 3 is 2.18 bits per heavy atom. The molecule has 0 saturated carbocycles. The van der Waals surface area contributed by atoms with Crippen LogP contribution in [0.5, 0.6) is 0 Å². The smallest absolute Gasteiger partial charge is 0.230 e. The molecule has 3 aromatic rings. The summed E-state index contributed by atoms with van der Waals surface area (Å²) in [4.78, 5) is 16.0. The summed E-state index contributed by atoms with van der Waals surface area (Å²) in [5.74, 6) is -11.8. The first-order valence-electron chi connectivity index (χ1n) is 7.40. The van der Waals surface area contributed by atoms with E-state index < -0.39 is 56.8 Å².